The van der Waals surface area contributed by atoms with Gasteiger partial charge in [-0.3, -0.25) is 14.5 Å². The van der Waals surface area contributed by atoms with Gasteiger partial charge >= 0.3 is 5.97 Å². The average molecular weight is 612 g/mol. The van der Waals surface area contributed by atoms with Crippen molar-refractivity contribution in [2.75, 3.05) is 62.1 Å². The van der Waals surface area contributed by atoms with Crippen molar-refractivity contribution < 1.29 is 33.6 Å². The summed E-state index contributed by atoms with van der Waals surface area (Å²) in [5.41, 5.74) is -2.08. The molecule has 0 spiro atoms. The SMILES string of the molecule is CO[C@]1(C)C[C@@H](C)CN(C)[C@H](C2CC(N(C)C)C2)COC(=O)C(C)(C)C(=O)[C@H](C)[C@H]1CO[C@@H]1O[C@H](C)C[C@H](N(C)C)[C@H]1O. The predicted octanol–water partition coefficient (Wildman–Crippen LogP) is 2.91. The summed E-state index contributed by atoms with van der Waals surface area (Å²) >= 11 is 0. The number of ether oxygens (including phenoxy) is 4. The Morgan fingerprint density at radius 3 is 2.21 bits per heavy atom. The molecule has 1 N–H and O–H groups in total. The van der Waals surface area contributed by atoms with E-state index in [1.165, 1.54) is 0 Å². The third-order valence-corrected chi connectivity index (χ3v) is 10.8. The van der Waals surface area contributed by atoms with E-state index in [1.807, 2.05) is 39.8 Å². The molecule has 0 aromatic carbocycles. The predicted molar refractivity (Wildman–Crippen MR) is 167 cm³/mol. The quantitative estimate of drug-likeness (QED) is 0.342. The van der Waals surface area contributed by atoms with E-state index >= 15 is 0 Å². The maximum absolute atomic E-state index is 14.1. The van der Waals surface area contributed by atoms with Gasteiger partial charge in [0.1, 0.15) is 18.1 Å². The fourth-order valence-electron chi connectivity index (χ4n) is 7.68. The molecule has 3 rings (SSSR count). The Hall–Kier alpha value is -1.14. The number of esters is 1. The van der Waals surface area contributed by atoms with Crippen LogP contribution in [0.2, 0.25) is 0 Å². The van der Waals surface area contributed by atoms with E-state index in [0.717, 1.165) is 19.4 Å². The number of aliphatic hydroxyl groups is 1. The number of methoxy groups -OCH3 is 1. The minimum atomic E-state index is -1.34. The number of Topliss-reactive ketones (excluding diaryl/α,β-unsaturated/α-hetero) is 1. The van der Waals surface area contributed by atoms with Gasteiger partial charge in [-0.2, -0.15) is 0 Å². The van der Waals surface area contributed by atoms with Crippen LogP contribution in [0.1, 0.15) is 67.2 Å². The van der Waals surface area contributed by atoms with Crippen molar-refractivity contribution in [3.8, 4) is 0 Å². The third-order valence-electron chi connectivity index (χ3n) is 10.8. The second kappa shape index (κ2) is 14.5. The monoisotopic (exact) mass is 611 g/mol. The van der Waals surface area contributed by atoms with Crippen LogP contribution >= 0.6 is 0 Å². The average Bonchev–Trinajstić information content (AvgIpc) is 2.89. The number of ketones is 1. The molecular formula is C33H61N3O7. The summed E-state index contributed by atoms with van der Waals surface area (Å²) < 4.78 is 24.6. The summed E-state index contributed by atoms with van der Waals surface area (Å²) in [6, 6.07) is 0.508. The van der Waals surface area contributed by atoms with Gasteiger partial charge in [-0.1, -0.05) is 13.8 Å². The molecule has 10 nitrogen and oxygen atoms in total. The lowest BCUT2D eigenvalue weighted by Gasteiger charge is -2.47. The molecule has 3 aliphatic rings. The molecular weight excluding hydrogens is 550 g/mol. The Morgan fingerprint density at radius 1 is 1.02 bits per heavy atom. The Labute approximate surface area is 260 Å². The molecule has 0 aromatic heterocycles. The lowest BCUT2D eigenvalue weighted by atomic mass is 9.69. The largest absolute Gasteiger partial charge is 0.463 e. The maximum atomic E-state index is 14.1. The summed E-state index contributed by atoms with van der Waals surface area (Å²) in [4.78, 5) is 34.3. The Kier molecular flexibility index (Phi) is 12.3. The second-order valence-electron chi connectivity index (χ2n) is 15.1. The highest BCUT2D eigenvalue weighted by atomic mass is 16.7. The molecule has 0 amide bonds. The van der Waals surface area contributed by atoms with E-state index < -0.39 is 41.2 Å². The van der Waals surface area contributed by atoms with Crippen LogP contribution in [0.15, 0.2) is 0 Å². The molecule has 43 heavy (non-hydrogen) atoms. The Morgan fingerprint density at radius 2 is 1.65 bits per heavy atom. The third kappa shape index (κ3) is 8.18. The normalized spacial score (nSPS) is 42.1. The van der Waals surface area contributed by atoms with Gasteiger partial charge in [0.05, 0.1) is 18.3 Å². The molecule has 1 aliphatic carbocycles. The summed E-state index contributed by atoms with van der Waals surface area (Å²) in [7, 11) is 11.9. The minimum absolute atomic E-state index is 0.0798. The van der Waals surface area contributed by atoms with Crippen LogP contribution in [0.5, 0.6) is 0 Å². The summed E-state index contributed by atoms with van der Waals surface area (Å²) in [5, 5.41) is 11.1. The number of cyclic esters (lactones) is 1. The van der Waals surface area contributed by atoms with Crippen LogP contribution in [0, 0.1) is 29.1 Å². The number of rotatable bonds is 7. The van der Waals surface area contributed by atoms with Crippen LogP contribution < -0.4 is 0 Å². The van der Waals surface area contributed by atoms with E-state index in [1.54, 1.807) is 21.0 Å². The molecule has 1 saturated carbocycles. The number of carbonyl (C=O) groups excluding carboxylic acids is 2. The topological polar surface area (TPSA) is 101 Å². The smallest absolute Gasteiger partial charge is 0.319 e. The molecule has 3 fully saturated rings. The van der Waals surface area contributed by atoms with Crippen LogP contribution in [-0.2, 0) is 28.5 Å². The van der Waals surface area contributed by atoms with Crippen molar-refractivity contribution in [1.29, 1.82) is 0 Å². The van der Waals surface area contributed by atoms with Gasteiger partial charge in [0.15, 0.2) is 12.1 Å². The van der Waals surface area contributed by atoms with Crippen LogP contribution in [0.4, 0.5) is 0 Å². The molecule has 2 saturated heterocycles. The number of likely N-dealkylation sites (N-methyl/N-ethyl adjacent to an activating group) is 2. The highest BCUT2D eigenvalue weighted by Gasteiger charge is 2.50. The molecule has 9 atom stereocenters. The lowest BCUT2D eigenvalue weighted by Crippen LogP contribution is -2.55. The number of nitrogens with zero attached hydrogens (tertiary/aromatic N) is 3. The Bertz CT molecular complexity index is 939. The standard InChI is InChI=1S/C33H61N3O7/c1-20-16-33(6,40-12)25(18-41-30-28(37)26(35(9)10)13-21(2)43-30)22(3)29(38)32(4,5)31(39)42-19-27(36(11)17-20)23-14-24(15-23)34(7)8/h20-28,30,37H,13-19H2,1-12H3/t20-,21-,22-,23?,24?,25-,26+,27+,28-,30-,33-/m1/s1. The van der Waals surface area contributed by atoms with Crippen LogP contribution in [0.3, 0.4) is 0 Å². The molecule has 0 bridgehead atoms. The molecule has 2 aliphatic heterocycles. The zero-order valence-corrected chi connectivity index (χ0v) is 29.0. The Balaban J connectivity index is 1.90. The van der Waals surface area contributed by atoms with Gasteiger partial charge < -0.3 is 33.9 Å². The number of carbonyl (C=O) groups is 2. The van der Waals surface area contributed by atoms with E-state index in [4.69, 9.17) is 18.9 Å². The second-order valence-corrected chi connectivity index (χ2v) is 15.1. The fourth-order valence-corrected chi connectivity index (χ4v) is 7.68. The highest BCUT2D eigenvalue weighted by Crippen LogP contribution is 2.41. The number of hydrogen-bond donors (Lipinski definition) is 1. The summed E-state index contributed by atoms with van der Waals surface area (Å²) in [6.07, 6.45) is 1.75. The molecule has 2 heterocycles. The zero-order chi connectivity index (χ0) is 32.4. The van der Waals surface area contributed by atoms with Gasteiger partial charge in [-0.05, 0) is 100 Å². The van der Waals surface area contributed by atoms with Gasteiger partial charge in [-0.15, -0.1) is 0 Å². The van der Waals surface area contributed by atoms with Gasteiger partial charge in [0, 0.05) is 43.6 Å². The van der Waals surface area contributed by atoms with Crippen LogP contribution in [0.25, 0.3) is 0 Å². The first-order valence-corrected chi connectivity index (χ1v) is 16.2. The zero-order valence-electron chi connectivity index (χ0n) is 29.0. The lowest BCUT2D eigenvalue weighted by molar-refractivity contribution is -0.263. The van der Waals surface area contributed by atoms with Crippen molar-refractivity contribution in [3.63, 3.8) is 0 Å². The highest BCUT2D eigenvalue weighted by molar-refractivity contribution is 6.04. The first kappa shape index (κ1) is 36.3. The molecule has 0 aromatic rings. The van der Waals surface area contributed by atoms with Crippen molar-refractivity contribution in [2.24, 2.45) is 29.1 Å². The number of aliphatic hydroxyl groups excluding tert-OH is 1. The maximum Gasteiger partial charge on any atom is 0.319 e. The van der Waals surface area contributed by atoms with Gasteiger partial charge in [-0.25, -0.2) is 0 Å². The fraction of sp³-hybridized carbons (Fsp3) is 0.939. The summed E-state index contributed by atoms with van der Waals surface area (Å²) in [6.45, 7) is 12.6. The molecule has 0 unspecified atom stereocenters. The van der Waals surface area contributed by atoms with Gasteiger partial charge in [0.25, 0.3) is 0 Å². The van der Waals surface area contributed by atoms with Crippen molar-refractivity contribution >= 4 is 11.8 Å². The first-order chi connectivity index (χ1) is 19.9. The molecule has 250 valence electrons. The molecule has 0 radical (unpaired) electrons. The van der Waals surface area contributed by atoms with E-state index in [0.29, 0.717) is 24.8 Å². The van der Waals surface area contributed by atoms with Crippen molar-refractivity contribution in [1.82, 2.24) is 14.7 Å². The van der Waals surface area contributed by atoms with E-state index in [-0.39, 0.29) is 43.1 Å². The van der Waals surface area contributed by atoms with E-state index in [2.05, 4.69) is 37.9 Å². The van der Waals surface area contributed by atoms with Crippen LogP contribution in [-0.4, -0.2) is 136 Å². The summed E-state index contributed by atoms with van der Waals surface area (Å²) in [5.74, 6) is -1.03. The van der Waals surface area contributed by atoms with Crippen molar-refractivity contribution in [2.45, 2.75) is 109 Å². The first-order valence-electron chi connectivity index (χ1n) is 16.2. The number of hydrogen-bond acceptors (Lipinski definition) is 10. The van der Waals surface area contributed by atoms with Gasteiger partial charge in [0.2, 0.25) is 0 Å². The van der Waals surface area contributed by atoms with E-state index in [9.17, 15) is 14.7 Å². The van der Waals surface area contributed by atoms with Crippen molar-refractivity contribution in [3.05, 3.63) is 0 Å². The molecule has 10 heteroatoms. The minimum Gasteiger partial charge on any atom is -0.463 e.